The van der Waals surface area contributed by atoms with Crippen molar-refractivity contribution in [2.75, 3.05) is 0 Å². The van der Waals surface area contributed by atoms with E-state index < -0.39 is 0 Å². The van der Waals surface area contributed by atoms with Crippen molar-refractivity contribution >= 4 is 11.0 Å². The van der Waals surface area contributed by atoms with E-state index in [1.807, 2.05) is 6.92 Å². The van der Waals surface area contributed by atoms with Gasteiger partial charge in [-0.15, -0.1) is 0 Å². The topological polar surface area (TPSA) is 43.8 Å². The van der Waals surface area contributed by atoms with Gasteiger partial charge in [0.1, 0.15) is 5.82 Å². The van der Waals surface area contributed by atoms with E-state index in [9.17, 15) is 0 Å². The Bertz CT molecular complexity index is 483. The lowest BCUT2D eigenvalue weighted by atomic mass is 10.2. The number of imidazole rings is 1. The second-order valence-electron chi connectivity index (χ2n) is 4.00. The third kappa shape index (κ3) is 1.63. The number of nitrogens with zero attached hydrogens (tertiary/aromatic N) is 2. The van der Waals surface area contributed by atoms with Gasteiger partial charge in [-0.25, -0.2) is 4.98 Å². The molecule has 0 bridgehead atoms. The van der Waals surface area contributed by atoms with Gasteiger partial charge in [0.25, 0.3) is 0 Å². The first-order valence-corrected chi connectivity index (χ1v) is 5.36. The van der Waals surface area contributed by atoms with E-state index in [2.05, 4.69) is 41.6 Å². The Kier molecular flexibility index (Phi) is 2.49. The summed E-state index contributed by atoms with van der Waals surface area (Å²) in [6.45, 7) is 7.10. The van der Waals surface area contributed by atoms with Gasteiger partial charge in [-0.3, -0.25) is 0 Å². The molecule has 0 spiro atoms. The highest BCUT2D eigenvalue weighted by Gasteiger charge is 2.12. The highest BCUT2D eigenvalue weighted by Crippen LogP contribution is 2.20. The Morgan fingerprint density at radius 1 is 1.47 bits per heavy atom. The third-order valence-corrected chi connectivity index (χ3v) is 2.66. The highest BCUT2D eigenvalue weighted by molar-refractivity contribution is 5.77. The van der Waals surface area contributed by atoms with Crippen LogP contribution in [0.15, 0.2) is 18.2 Å². The van der Waals surface area contributed by atoms with Gasteiger partial charge in [0.2, 0.25) is 0 Å². The van der Waals surface area contributed by atoms with E-state index in [1.165, 1.54) is 11.1 Å². The Labute approximate surface area is 89.9 Å². The molecule has 80 valence electrons. The minimum atomic E-state index is -0.0161. The van der Waals surface area contributed by atoms with E-state index >= 15 is 0 Å². The summed E-state index contributed by atoms with van der Waals surface area (Å²) in [5.74, 6) is 0.970. The summed E-state index contributed by atoms with van der Waals surface area (Å²) in [5.41, 5.74) is 9.39. The minimum absolute atomic E-state index is 0.0161. The Morgan fingerprint density at radius 3 is 2.80 bits per heavy atom. The van der Waals surface area contributed by atoms with Crippen molar-refractivity contribution < 1.29 is 0 Å². The standard InChI is InChI=1S/C12H17N3/c1-4-15-11-7-8(2)5-6-10(11)14-12(15)9(3)13/h5-7,9H,4,13H2,1-3H3/t9-/m1/s1. The predicted octanol–water partition coefficient (Wildman–Crippen LogP) is 2.38. The van der Waals surface area contributed by atoms with Crippen molar-refractivity contribution in [1.29, 1.82) is 0 Å². The summed E-state index contributed by atoms with van der Waals surface area (Å²) in [4.78, 5) is 4.56. The maximum atomic E-state index is 5.91. The third-order valence-electron chi connectivity index (χ3n) is 2.66. The van der Waals surface area contributed by atoms with Crippen LogP contribution < -0.4 is 5.73 Å². The zero-order valence-electron chi connectivity index (χ0n) is 9.49. The molecule has 2 aromatic rings. The molecule has 0 aliphatic rings. The Hall–Kier alpha value is -1.35. The van der Waals surface area contributed by atoms with Gasteiger partial charge in [0, 0.05) is 6.54 Å². The number of hydrogen-bond donors (Lipinski definition) is 1. The van der Waals surface area contributed by atoms with E-state index in [-0.39, 0.29) is 6.04 Å². The van der Waals surface area contributed by atoms with Crippen LogP contribution in [-0.4, -0.2) is 9.55 Å². The van der Waals surface area contributed by atoms with E-state index in [4.69, 9.17) is 5.73 Å². The van der Waals surface area contributed by atoms with Crippen molar-refractivity contribution in [3.63, 3.8) is 0 Å². The summed E-state index contributed by atoms with van der Waals surface area (Å²) in [6, 6.07) is 6.29. The van der Waals surface area contributed by atoms with Gasteiger partial charge >= 0.3 is 0 Å². The van der Waals surface area contributed by atoms with Crippen LogP contribution in [0.5, 0.6) is 0 Å². The molecule has 15 heavy (non-hydrogen) atoms. The van der Waals surface area contributed by atoms with Gasteiger partial charge in [0.15, 0.2) is 0 Å². The molecule has 1 aromatic carbocycles. The maximum Gasteiger partial charge on any atom is 0.126 e. The molecule has 1 heterocycles. The number of aromatic nitrogens is 2. The summed E-state index contributed by atoms with van der Waals surface area (Å²) < 4.78 is 2.19. The van der Waals surface area contributed by atoms with Crippen molar-refractivity contribution in [2.45, 2.75) is 33.4 Å². The van der Waals surface area contributed by atoms with Crippen LogP contribution >= 0.6 is 0 Å². The van der Waals surface area contributed by atoms with E-state index in [1.54, 1.807) is 0 Å². The summed E-state index contributed by atoms with van der Waals surface area (Å²) in [5, 5.41) is 0. The fourth-order valence-electron chi connectivity index (χ4n) is 1.93. The average molecular weight is 203 g/mol. The lowest BCUT2D eigenvalue weighted by molar-refractivity contribution is 0.650. The van der Waals surface area contributed by atoms with Crippen LogP contribution in [0.2, 0.25) is 0 Å². The molecule has 2 N–H and O–H groups in total. The first kappa shape index (κ1) is 10.2. The molecule has 0 aliphatic heterocycles. The van der Waals surface area contributed by atoms with Crippen molar-refractivity contribution in [3.05, 3.63) is 29.6 Å². The quantitative estimate of drug-likeness (QED) is 0.814. The van der Waals surface area contributed by atoms with Gasteiger partial charge in [-0.1, -0.05) is 6.07 Å². The Balaban J connectivity index is 2.74. The molecule has 3 nitrogen and oxygen atoms in total. The molecule has 0 unspecified atom stereocenters. The highest BCUT2D eigenvalue weighted by atomic mass is 15.1. The average Bonchev–Trinajstić information content (AvgIpc) is 2.55. The molecule has 2 rings (SSSR count). The zero-order chi connectivity index (χ0) is 11.0. The van der Waals surface area contributed by atoms with Crippen LogP contribution in [0, 0.1) is 6.92 Å². The second kappa shape index (κ2) is 3.66. The fourth-order valence-corrected chi connectivity index (χ4v) is 1.93. The second-order valence-corrected chi connectivity index (χ2v) is 4.00. The summed E-state index contributed by atoms with van der Waals surface area (Å²) >= 11 is 0. The van der Waals surface area contributed by atoms with Crippen LogP contribution in [-0.2, 0) is 6.54 Å². The van der Waals surface area contributed by atoms with Crippen molar-refractivity contribution in [3.8, 4) is 0 Å². The normalized spacial score (nSPS) is 13.3. The van der Waals surface area contributed by atoms with E-state index in [0.717, 1.165) is 17.9 Å². The van der Waals surface area contributed by atoms with Gasteiger partial charge < -0.3 is 10.3 Å². The molecule has 0 saturated heterocycles. The molecule has 0 radical (unpaired) electrons. The van der Waals surface area contributed by atoms with Crippen LogP contribution in [0.25, 0.3) is 11.0 Å². The number of nitrogens with two attached hydrogens (primary N) is 1. The SMILES string of the molecule is CCn1c([C@@H](C)N)nc2ccc(C)cc21. The fraction of sp³-hybridized carbons (Fsp3) is 0.417. The molecular weight excluding hydrogens is 186 g/mol. The van der Waals surface area contributed by atoms with Crippen LogP contribution in [0.1, 0.15) is 31.3 Å². The van der Waals surface area contributed by atoms with Crippen LogP contribution in [0.4, 0.5) is 0 Å². The number of aryl methyl sites for hydroxylation is 2. The molecule has 0 fully saturated rings. The van der Waals surface area contributed by atoms with Gasteiger partial charge in [0.05, 0.1) is 17.1 Å². The van der Waals surface area contributed by atoms with Gasteiger partial charge in [-0.2, -0.15) is 0 Å². The number of hydrogen-bond acceptors (Lipinski definition) is 2. The molecule has 1 atom stereocenters. The lowest BCUT2D eigenvalue weighted by Gasteiger charge is -2.08. The van der Waals surface area contributed by atoms with Crippen LogP contribution in [0.3, 0.4) is 0 Å². The van der Waals surface area contributed by atoms with Gasteiger partial charge in [-0.05, 0) is 38.5 Å². The largest absolute Gasteiger partial charge is 0.327 e. The smallest absolute Gasteiger partial charge is 0.126 e. The monoisotopic (exact) mass is 203 g/mol. The van der Waals surface area contributed by atoms with E-state index in [0.29, 0.717) is 0 Å². The Morgan fingerprint density at radius 2 is 2.20 bits per heavy atom. The van der Waals surface area contributed by atoms with Crippen molar-refractivity contribution in [2.24, 2.45) is 5.73 Å². The first-order chi connectivity index (χ1) is 7.13. The molecule has 3 heteroatoms. The summed E-state index contributed by atoms with van der Waals surface area (Å²) in [6.07, 6.45) is 0. The molecule has 0 saturated carbocycles. The maximum absolute atomic E-state index is 5.91. The molecule has 0 amide bonds. The number of fused-ring (bicyclic) bond motifs is 1. The predicted molar refractivity (Wildman–Crippen MR) is 62.7 cm³/mol. The lowest BCUT2D eigenvalue weighted by Crippen LogP contribution is -2.12. The summed E-state index contributed by atoms with van der Waals surface area (Å²) in [7, 11) is 0. The zero-order valence-corrected chi connectivity index (χ0v) is 9.49. The molecular formula is C12H17N3. The number of benzene rings is 1. The van der Waals surface area contributed by atoms with Crippen molar-refractivity contribution in [1.82, 2.24) is 9.55 Å². The molecule has 0 aliphatic carbocycles. The number of rotatable bonds is 2. The first-order valence-electron chi connectivity index (χ1n) is 5.36. The minimum Gasteiger partial charge on any atom is -0.327 e. The molecule has 1 aromatic heterocycles.